The Morgan fingerprint density at radius 1 is 1.24 bits per heavy atom. The second-order valence-electron chi connectivity index (χ2n) is 7.90. The Labute approximate surface area is 174 Å². The first-order valence-corrected chi connectivity index (χ1v) is 10.2. The van der Waals surface area contributed by atoms with Gasteiger partial charge in [-0.25, -0.2) is 5.01 Å². The number of ether oxygens (including phenoxy) is 1. The van der Waals surface area contributed by atoms with Crippen molar-refractivity contribution >= 4 is 23.2 Å². The lowest BCUT2D eigenvalue weighted by atomic mass is 9.90. The van der Waals surface area contributed by atoms with E-state index < -0.39 is 5.72 Å². The monoisotopic (exact) mass is 411 g/mol. The number of carbonyl (C=O) groups is 1. The summed E-state index contributed by atoms with van der Waals surface area (Å²) in [6, 6.07) is 12.9. The smallest absolute Gasteiger partial charge is 0.219 e. The lowest BCUT2D eigenvalue weighted by Crippen LogP contribution is -2.59. The van der Waals surface area contributed by atoms with Crippen molar-refractivity contribution in [2.45, 2.75) is 38.0 Å². The highest BCUT2D eigenvalue weighted by Crippen LogP contribution is 2.50. The van der Waals surface area contributed by atoms with Crippen molar-refractivity contribution in [2.75, 3.05) is 13.1 Å². The van der Waals surface area contributed by atoms with E-state index in [0.29, 0.717) is 37.4 Å². The first kappa shape index (κ1) is 18.3. The minimum atomic E-state index is -0.587. The molecule has 1 saturated heterocycles. The molecule has 0 aromatic heterocycles. The predicted molar refractivity (Wildman–Crippen MR) is 110 cm³/mol. The number of likely N-dealkylation sites (tertiary alicyclic amines) is 1. The molecular formula is C22H22ClN3O3. The van der Waals surface area contributed by atoms with Crippen molar-refractivity contribution < 1.29 is 14.6 Å². The summed E-state index contributed by atoms with van der Waals surface area (Å²) in [7, 11) is 0. The molecule has 7 heteroatoms. The van der Waals surface area contributed by atoms with Crippen LogP contribution < -0.4 is 4.74 Å². The number of benzene rings is 2. The Kier molecular flexibility index (Phi) is 4.21. The van der Waals surface area contributed by atoms with Gasteiger partial charge in [-0.2, -0.15) is 5.10 Å². The maximum Gasteiger partial charge on any atom is 0.219 e. The fourth-order valence-electron chi connectivity index (χ4n) is 4.61. The number of carbonyl (C=O) groups excluding carboxylic acids is 1. The molecule has 1 spiro atoms. The molecule has 2 aromatic carbocycles. The van der Waals surface area contributed by atoms with Crippen LogP contribution in [0.5, 0.6) is 11.5 Å². The fourth-order valence-corrected chi connectivity index (χ4v) is 4.79. The average molecular weight is 412 g/mol. The van der Waals surface area contributed by atoms with Crippen LogP contribution in [0.15, 0.2) is 47.6 Å². The molecule has 1 amide bonds. The number of hydrazone groups is 1. The quantitative estimate of drug-likeness (QED) is 0.772. The van der Waals surface area contributed by atoms with Crippen LogP contribution in [-0.2, 0) is 4.79 Å². The number of fused-ring (bicyclic) bond motifs is 4. The molecule has 1 N–H and O–H groups in total. The van der Waals surface area contributed by atoms with Gasteiger partial charge < -0.3 is 14.7 Å². The summed E-state index contributed by atoms with van der Waals surface area (Å²) >= 11 is 6.28. The Balaban J connectivity index is 1.56. The molecule has 3 aliphatic heterocycles. The largest absolute Gasteiger partial charge is 0.508 e. The molecule has 150 valence electrons. The maximum absolute atomic E-state index is 11.8. The summed E-state index contributed by atoms with van der Waals surface area (Å²) in [5, 5.41) is 17.6. The van der Waals surface area contributed by atoms with Gasteiger partial charge in [0.15, 0.2) is 0 Å². The molecule has 3 heterocycles. The van der Waals surface area contributed by atoms with Crippen LogP contribution in [0.2, 0.25) is 5.02 Å². The predicted octanol–water partition coefficient (Wildman–Crippen LogP) is 3.93. The molecular weight excluding hydrogens is 390 g/mol. The molecule has 29 heavy (non-hydrogen) atoms. The van der Waals surface area contributed by atoms with E-state index in [1.54, 1.807) is 19.1 Å². The Bertz CT molecular complexity index is 1010. The summed E-state index contributed by atoms with van der Waals surface area (Å²) < 4.78 is 6.54. The number of amides is 1. The first-order chi connectivity index (χ1) is 13.9. The van der Waals surface area contributed by atoms with Gasteiger partial charge in [-0.05, 0) is 30.3 Å². The third-order valence-corrected chi connectivity index (χ3v) is 6.36. The fraction of sp³-hybridized carbons (Fsp3) is 0.364. The molecule has 2 aromatic rings. The molecule has 3 aliphatic rings. The molecule has 0 bridgehead atoms. The van der Waals surface area contributed by atoms with Crippen molar-refractivity contribution in [3.63, 3.8) is 0 Å². The van der Waals surface area contributed by atoms with Gasteiger partial charge in [-0.15, -0.1) is 0 Å². The van der Waals surface area contributed by atoms with Gasteiger partial charge in [0, 0.05) is 55.4 Å². The van der Waals surface area contributed by atoms with Crippen LogP contribution in [0, 0.1) is 0 Å². The highest BCUT2D eigenvalue weighted by Gasteiger charge is 2.52. The van der Waals surface area contributed by atoms with E-state index in [-0.39, 0.29) is 17.7 Å². The van der Waals surface area contributed by atoms with E-state index in [4.69, 9.17) is 21.4 Å². The second kappa shape index (κ2) is 6.66. The molecule has 0 aliphatic carbocycles. The third kappa shape index (κ3) is 3.02. The third-order valence-electron chi connectivity index (χ3n) is 6.13. The highest BCUT2D eigenvalue weighted by molar-refractivity contribution is 6.30. The molecule has 5 rings (SSSR count). The normalized spacial score (nSPS) is 22.0. The van der Waals surface area contributed by atoms with Crippen molar-refractivity contribution in [3.8, 4) is 11.5 Å². The lowest BCUT2D eigenvalue weighted by molar-refractivity contribution is -0.158. The van der Waals surface area contributed by atoms with Crippen molar-refractivity contribution in [2.24, 2.45) is 5.10 Å². The zero-order chi connectivity index (χ0) is 20.2. The molecule has 6 nitrogen and oxygen atoms in total. The van der Waals surface area contributed by atoms with Crippen LogP contribution in [0.3, 0.4) is 0 Å². The van der Waals surface area contributed by atoms with E-state index in [9.17, 15) is 9.90 Å². The van der Waals surface area contributed by atoms with Crippen LogP contribution in [0.25, 0.3) is 0 Å². The first-order valence-electron chi connectivity index (χ1n) is 9.85. The number of halogens is 1. The van der Waals surface area contributed by atoms with Crippen molar-refractivity contribution in [1.29, 1.82) is 0 Å². The number of piperidine rings is 1. The topological polar surface area (TPSA) is 65.4 Å². The van der Waals surface area contributed by atoms with Gasteiger partial charge in [0.05, 0.1) is 11.8 Å². The number of rotatable bonds is 1. The van der Waals surface area contributed by atoms with Crippen LogP contribution in [-0.4, -0.2) is 45.4 Å². The Morgan fingerprint density at radius 3 is 2.76 bits per heavy atom. The van der Waals surface area contributed by atoms with E-state index in [1.165, 1.54) is 0 Å². The summed E-state index contributed by atoms with van der Waals surface area (Å²) in [6.45, 7) is 2.88. The number of phenolic OH excluding ortho intramolecular Hbond substituents is 1. The van der Waals surface area contributed by atoms with Crippen LogP contribution in [0.4, 0.5) is 0 Å². The van der Waals surface area contributed by atoms with Crippen LogP contribution >= 0.6 is 11.6 Å². The number of phenols is 1. The van der Waals surface area contributed by atoms with Gasteiger partial charge in [0.25, 0.3) is 0 Å². The standard InChI is InChI=1S/C22H22ClN3O3/c1-14(27)25-9-7-22(8-10-25)26-20(18-12-16(23)5-6-21(18)29-22)13-19(24-26)15-3-2-4-17(28)11-15/h2-6,11-12,20,28H,7-10,13H2,1H3/t20-/m0/s1. The van der Waals surface area contributed by atoms with Crippen LogP contribution in [0.1, 0.15) is 43.4 Å². The van der Waals surface area contributed by atoms with E-state index in [2.05, 4.69) is 5.01 Å². The minimum absolute atomic E-state index is 0.0127. The van der Waals surface area contributed by atoms with Gasteiger partial charge in [0.1, 0.15) is 11.5 Å². The molecule has 0 unspecified atom stereocenters. The average Bonchev–Trinajstić information content (AvgIpc) is 3.16. The highest BCUT2D eigenvalue weighted by atomic mass is 35.5. The second-order valence-corrected chi connectivity index (χ2v) is 8.33. The zero-order valence-corrected chi connectivity index (χ0v) is 16.9. The van der Waals surface area contributed by atoms with Gasteiger partial charge in [-0.3, -0.25) is 4.79 Å². The number of hydrogen-bond donors (Lipinski definition) is 1. The van der Waals surface area contributed by atoms with Crippen molar-refractivity contribution in [1.82, 2.24) is 9.91 Å². The molecule has 1 fully saturated rings. The van der Waals surface area contributed by atoms with E-state index in [1.807, 2.05) is 35.2 Å². The molecule has 0 radical (unpaired) electrons. The number of nitrogens with zero attached hydrogens (tertiary/aromatic N) is 3. The summed E-state index contributed by atoms with van der Waals surface area (Å²) in [5.41, 5.74) is 2.25. The minimum Gasteiger partial charge on any atom is -0.508 e. The summed E-state index contributed by atoms with van der Waals surface area (Å²) in [5.74, 6) is 1.14. The van der Waals surface area contributed by atoms with Gasteiger partial charge in [-0.1, -0.05) is 23.7 Å². The number of aromatic hydroxyl groups is 1. The summed E-state index contributed by atoms with van der Waals surface area (Å²) in [6.07, 6.45) is 2.07. The lowest BCUT2D eigenvalue weighted by Gasteiger charge is -2.51. The zero-order valence-electron chi connectivity index (χ0n) is 16.1. The molecule has 0 saturated carbocycles. The molecule has 1 atom stereocenters. The van der Waals surface area contributed by atoms with Gasteiger partial charge in [0.2, 0.25) is 11.6 Å². The van der Waals surface area contributed by atoms with Gasteiger partial charge >= 0.3 is 0 Å². The Morgan fingerprint density at radius 2 is 2.03 bits per heavy atom. The summed E-state index contributed by atoms with van der Waals surface area (Å²) in [4.78, 5) is 13.7. The van der Waals surface area contributed by atoms with E-state index >= 15 is 0 Å². The Hall–Kier alpha value is -2.73. The SMILES string of the molecule is CC(=O)N1CCC2(CC1)Oc1ccc(Cl)cc1[C@@H]1CC(c3cccc(O)c3)=NN12. The maximum atomic E-state index is 11.8. The number of hydrogen-bond acceptors (Lipinski definition) is 5. The van der Waals surface area contributed by atoms with Crippen molar-refractivity contribution in [3.05, 3.63) is 58.6 Å². The van der Waals surface area contributed by atoms with E-state index in [0.717, 1.165) is 22.6 Å².